The van der Waals surface area contributed by atoms with Crippen molar-refractivity contribution in [1.82, 2.24) is 4.90 Å². The van der Waals surface area contributed by atoms with Gasteiger partial charge in [-0.3, -0.25) is 4.79 Å². The van der Waals surface area contributed by atoms with Gasteiger partial charge in [0.25, 0.3) is 0 Å². The summed E-state index contributed by atoms with van der Waals surface area (Å²) in [5.74, 6) is 0.0277. The predicted molar refractivity (Wildman–Crippen MR) is 75.1 cm³/mol. The third-order valence-corrected chi connectivity index (χ3v) is 5.54. The van der Waals surface area contributed by atoms with Crippen molar-refractivity contribution in [3.05, 3.63) is 0 Å². The molecule has 3 fully saturated rings. The number of rotatable bonds is 1. The predicted octanol–water partition coefficient (Wildman–Crippen LogP) is 0.270. The van der Waals surface area contributed by atoms with Gasteiger partial charge in [-0.2, -0.15) is 5.26 Å². The number of morpholine rings is 1. The summed E-state index contributed by atoms with van der Waals surface area (Å²) in [7, 11) is 0. The second-order valence-electron chi connectivity index (χ2n) is 6.87. The van der Waals surface area contributed by atoms with Gasteiger partial charge in [0.2, 0.25) is 5.91 Å². The Morgan fingerprint density at radius 2 is 2.14 bits per heavy atom. The van der Waals surface area contributed by atoms with E-state index in [-0.39, 0.29) is 23.3 Å². The average molecular weight is 293 g/mol. The molecule has 1 amide bonds. The van der Waals surface area contributed by atoms with Gasteiger partial charge in [0.15, 0.2) is 6.10 Å². The average Bonchev–Trinajstić information content (AvgIpc) is 2.53. The van der Waals surface area contributed by atoms with Crippen LogP contribution in [0.3, 0.4) is 0 Å². The van der Waals surface area contributed by atoms with E-state index < -0.39 is 11.6 Å². The monoisotopic (exact) mass is 293 g/mol. The van der Waals surface area contributed by atoms with Crippen molar-refractivity contribution >= 4 is 5.91 Å². The number of hydrogen-bond acceptors (Lipinski definition) is 5. The molecule has 2 saturated heterocycles. The van der Waals surface area contributed by atoms with Crippen molar-refractivity contribution in [2.24, 2.45) is 17.1 Å². The molecule has 4 atom stereocenters. The van der Waals surface area contributed by atoms with Gasteiger partial charge in [-0.05, 0) is 12.8 Å². The third kappa shape index (κ3) is 1.91. The molecule has 6 heteroatoms. The fourth-order valence-electron chi connectivity index (χ4n) is 4.18. The normalized spacial score (nSPS) is 41.6. The van der Waals surface area contributed by atoms with E-state index in [1.54, 1.807) is 4.90 Å². The maximum atomic E-state index is 13.0. The van der Waals surface area contributed by atoms with Crippen molar-refractivity contribution < 1.29 is 14.3 Å². The first kappa shape index (κ1) is 14.8. The van der Waals surface area contributed by atoms with E-state index >= 15 is 0 Å². The Labute approximate surface area is 125 Å². The van der Waals surface area contributed by atoms with Gasteiger partial charge >= 0.3 is 0 Å². The number of ether oxygens (including phenoxy) is 2. The fraction of sp³-hybridized carbons (Fsp3) is 0.867. The zero-order valence-corrected chi connectivity index (χ0v) is 12.7. The molecule has 3 aliphatic rings. The van der Waals surface area contributed by atoms with Crippen LogP contribution in [-0.2, 0) is 14.3 Å². The molecule has 2 aliphatic heterocycles. The number of nitriles is 1. The highest BCUT2D eigenvalue weighted by molar-refractivity contribution is 5.89. The van der Waals surface area contributed by atoms with E-state index in [1.165, 1.54) is 0 Å². The van der Waals surface area contributed by atoms with Crippen LogP contribution >= 0.6 is 0 Å². The molecule has 0 aromatic heterocycles. The summed E-state index contributed by atoms with van der Waals surface area (Å²) >= 11 is 0. The Kier molecular flexibility index (Phi) is 3.47. The van der Waals surface area contributed by atoms with Crippen molar-refractivity contribution in [2.75, 3.05) is 26.3 Å². The minimum absolute atomic E-state index is 0.0530. The summed E-state index contributed by atoms with van der Waals surface area (Å²) in [5, 5.41) is 8.99. The summed E-state index contributed by atoms with van der Waals surface area (Å²) in [6, 6.07) is 2.07. The Morgan fingerprint density at radius 1 is 1.38 bits per heavy atom. The number of hydrogen-bond donors (Lipinski definition) is 1. The number of amides is 1. The molecular weight excluding hydrogens is 270 g/mol. The molecule has 0 aromatic rings. The van der Waals surface area contributed by atoms with Crippen molar-refractivity contribution in [3.8, 4) is 6.07 Å². The maximum Gasteiger partial charge on any atom is 0.243 e. The van der Waals surface area contributed by atoms with Gasteiger partial charge in [-0.15, -0.1) is 0 Å². The van der Waals surface area contributed by atoms with Crippen molar-refractivity contribution in [3.63, 3.8) is 0 Å². The summed E-state index contributed by atoms with van der Waals surface area (Å²) < 4.78 is 11.1. The quantitative estimate of drug-likeness (QED) is 0.749. The first-order valence-corrected chi connectivity index (χ1v) is 7.64. The lowest BCUT2D eigenvalue weighted by atomic mass is 9.46. The van der Waals surface area contributed by atoms with Gasteiger partial charge in [0.1, 0.15) is 5.54 Å². The van der Waals surface area contributed by atoms with Crippen LogP contribution in [0.15, 0.2) is 0 Å². The molecule has 116 valence electrons. The van der Waals surface area contributed by atoms with Crippen LogP contribution < -0.4 is 5.73 Å². The zero-order chi connectivity index (χ0) is 15.3. The van der Waals surface area contributed by atoms with Crippen LogP contribution in [0.5, 0.6) is 0 Å². The van der Waals surface area contributed by atoms with E-state index in [9.17, 15) is 4.79 Å². The summed E-state index contributed by atoms with van der Waals surface area (Å²) in [5.41, 5.74) is 5.33. The minimum Gasteiger partial charge on any atom is -0.377 e. The van der Waals surface area contributed by atoms with Crippen LogP contribution in [0.1, 0.15) is 26.7 Å². The first-order valence-electron chi connectivity index (χ1n) is 7.64. The molecule has 0 spiro atoms. The van der Waals surface area contributed by atoms with Gasteiger partial charge < -0.3 is 20.1 Å². The zero-order valence-electron chi connectivity index (χ0n) is 12.7. The lowest BCUT2D eigenvalue weighted by molar-refractivity contribution is -0.231. The molecule has 4 unspecified atom stereocenters. The van der Waals surface area contributed by atoms with Gasteiger partial charge in [0.05, 0.1) is 25.3 Å². The lowest BCUT2D eigenvalue weighted by Crippen LogP contribution is -2.82. The Hall–Kier alpha value is -1.16. The second-order valence-corrected chi connectivity index (χ2v) is 6.87. The molecule has 2 heterocycles. The van der Waals surface area contributed by atoms with Crippen LogP contribution in [0, 0.1) is 22.7 Å². The van der Waals surface area contributed by atoms with Crippen LogP contribution in [-0.4, -0.2) is 54.9 Å². The molecule has 21 heavy (non-hydrogen) atoms. The number of nitrogens with two attached hydrogens (primary N) is 1. The summed E-state index contributed by atoms with van der Waals surface area (Å²) in [4.78, 5) is 14.7. The summed E-state index contributed by atoms with van der Waals surface area (Å²) in [6.07, 6.45) is 1.40. The Balaban J connectivity index is 1.81. The standard InChI is InChI=1S/C15H23N3O3/c1-14(2)12-11(4-3-6-21-12)15(14,17)13(19)18-5-7-20-10(8-16)9-18/h10-12H,3-7,9,17H2,1-2H3. The maximum absolute atomic E-state index is 13.0. The van der Waals surface area contributed by atoms with E-state index in [1.807, 2.05) is 13.8 Å². The fourth-order valence-corrected chi connectivity index (χ4v) is 4.18. The van der Waals surface area contributed by atoms with Crippen molar-refractivity contribution in [1.29, 1.82) is 5.26 Å². The molecule has 1 saturated carbocycles. The third-order valence-electron chi connectivity index (χ3n) is 5.54. The molecule has 1 aliphatic carbocycles. The number of carbonyl (C=O) groups excluding carboxylic acids is 1. The second kappa shape index (κ2) is 4.94. The van der Waals surface area contributed by atoms with Crippen LogP contribution in [0.25, 0.3) is 0 Å². The summed E-state index contributed by atoms with van der Waals surface area (Å²) in [6.45, 7) is 5.99. The number of nitrogens with zero attached hydrogens (tertiary/aromatic N) is 2. The van der Waals surface area contributed by atoms with Gasteiger partial charge in [-0.1, -0.05) is 13.8 Å². The molecular formula is C15H23N3O3. The van der Waals surface area contributed by atoms with E-state index in [0.717, 1.165) is 19.4 Å². The van der Waals surface area contributed by atoms with Crippen LogP contribution in [0.2, 0.25) is 0 Å². The van der Waals surface area contributed by atoms with E-state index in [0.29, 0.717) is 19.7 Å². The Morgan fingerprint density at radius 3 is 2.86 bits per heavy atom. The highest BCUT2D eigenvalue weighted by Crippen LogP contribution is 2.58. The number of fused-ring (bicyclic) bond motifs is 1. The largest absolute Gasteiger partial charge is 0.377 e. The smallest absolute Gasteiger partial charge is 0.243 e. The van der Waals surface area contributed by atoms with E-state index in [4.69, 9.17) is 20.5 Å². The molecule has 2 N–H and O–H groups in total. The minimum atomic E-state index is -0.893. The highest BCUT2D eigenvalue weighted by Gasteiger charge is 2.70. The van der Waals surface area contributed by atoms with Crippen LogP contribution in [0.4, 0.5) is 0 Å². The number of carbonyl (C=O) groups is 1. The van der Waals surface area contributed by atoms with Gasteiger partial charge in [-0.25, -0.2) is 0 Å². The lowest BCUT2D eigenvalue weighted by Gasteiger charge is -2.65. The first-order chi connectivity index (χ1) is 9.92. The molecule has 3 rings (SSSR count). The highest BCUT2D eigenvalue weighted by atomic mass is 16.5. The van der Waals surface area contributed by atoms with E-state index in [2.05, 4.69) is 6.07 Å². The molecule has 6 nitrogen and oxygen atoms in total. The SMILES string of the molecule is CC1(C)C2OCCCC2C1(N)C(=O)N1CCOC(C#N)C1. The molecule has 0 aromatic carbocycles. The Bertz CT molecular complexity index is 487. The van der Waals surface area contributed by atoms with Gasteiger partial charge in [0, 0.05) is 24.5 Å². The molecule has 0 bridgehead atoms. The molecule has 0 radical (unpaired) electrons. The topological polar surface area (TPSA) is 88.6 Å². The van der Waals surface area contributed by atoms with Crippen molar-refractivity contribution in [2.45, 2.75) is 44.4 Å².